The minimum Gasteiger partial charge on any atom is -0.454 e. The van der Waals surface area contributed by atoms with E-state index in [1.54, 1.807) is 30.3 Å². The van der Waals surface area contributed by atoms with E-state index < -0.39 is 16.1 Å². The number of amides is 2. The fraction of sp³-hybridized carbons (Fsp3) is 0.481. The fourth-order valence-electron chi connectivity index (χ4n) is 4.26. The Morgan fingerprint density at radius 1 is 1.05 bits per heavy atom. The molecule has 0 aromatic heterocycles. The number of ether oxygens (including phenoxy) is 2. The van der Waals surface area contributed by atoms with Crippen LogP contribution >= 0.6 is 0 Å². The number of carbonyl (C=O) groups excluding carboxylic acids is 2. The van der Waals surface area contributed by atoms with Gasteiger partial charge < -0.3 is 19.7 Å². The first-order valence-corrected chi connectivity index (χ1v) is 14.7. The molecule has 2 aromatic rings. The number of nitrogens with zero attached hydrogens (tertiary/aromatic N) is 2. The van der Waals surface area contributed by atoms with Crippen LogP contribution in [0.5, 0.6) is 11.5 Å². The van der Waals surface area contributed by atoms with Crippen LogP contribution in [0.2, 0.25) is 0 Å². The molecule has 0 saturated heterocycles. The Labute approximate surface area is 224 Å². The lowest BCUT2D eigenvalue weighted by Crippen LogP contribution is -2.49. The van der Waals surface area contributed by atoms with Crippen molar-refractivity contribution in [1.82, 2.24) is 10.2 Å². The van der Waals surface area contributed by atoms with Gasteiger partial charge in [-0.1, -0.05) is 32.4 Å². The summed E-state index contributed by atoms with van der Waals surface area (Å²) in [5.41, 5.74) is 1.10. The Morgan fingerprint density at radius 3 is 2.42 bits per heavy atom. The largest absolute Gasteiger partial charge is 0.454 e. The maximum atomic E-state index is 13.4. The summed E-state index contributed by atoms with van der Waals surface area (Å²) in [6, 6.07) is 9.97. The maximum absolute atomic E-state index is 13.4. The summed E-state index contributed by atoms with van der Waals surface area (Å²) in [5.74, 6) is 0.0788. The minimum absolute atomic E-state index is 0.0243. The van der Waals surface area contributed by atoms with E-state index in [9.17, 15) is 22.4 Å². The van der Waals surface area contributed by atoms with Crippen molar-refractivity contribution in [2.75, 3.05) is 30.4 Å². The van der Waals surface area contributed by atoms with Crippen molar-refractivity contribution in [2.24, 2.45) is 0 Å². The van der Waals surface area contributed by atoms with Crippen LogP contribution in [0.1, 0.15) is 51.5 Å². The molecule has 0 unspecified atom stereocenters. The highest BCUT2D eigenvalue weighted by atomic mass is 32.2. The van der Waals surface area contributed by atoms with E-state index in [0.29, 0.717) is 35.7 Å². The molecule has 1 N–H and O–H groups in total. The van der Waals surface area contributed by atoms with Crippen LogP contribution < -0.4 is 19.1 Å². The smallest absolute Gasteiger partial charge is 0.242 e. The highest BCUT2D eigenvalue weighted by molar-refractivity contribution is 7.92. The maximum Gasteiger partial charge on any atom is 0.242 e. The molecule has 0 radical (unpaired) electrons. The molecule has 1 aliphatic rings. The first kappa shape index (κ1) is 29.2. The number of rotatable bonds is 14. The minimum atomic E-state index is -3.64. The first-order valence-electron chi connectivity index (χ1n) is 12.8. The predicted molar refractivity (Wildman–Crippen MR) is 143 cm³/mol. The SMILES string of the molecule is CCCCNC(=O)[C@H](CC)N(Cc1ccc(F)cc1)C(=O)CCCN(c1ccc2c(c1)OCO2)S(C)(=O)=O. The van der Waals surface area contributed by atoms with Gasteiger partial charge in [-0.3, -0.25) is 13.9 Å². The fourth-order valence-corrected chi connectivity index (χ4v) is 5.21. The summed E-state index contributed by atoms with van der Waals surface area (Å²) >= 11 is 0. The predicted octanol–water partition coefficient (Wildman–Crippen LogP) is 3.82. The van der Waals surface area contributed by atoms with Gasteiger partial charge in [0, 0.05) is 32.1 Å². The van der Waals surface area contributed by atoms with E-state index in [-0.39, 0.29) is 50.4 Å². The number of halogens is 1. The van der Waals surface area contributed by atoms with Gasteiger partial charge in [-0.2, -0.15) is 0 Å². The Kier molecular flexibility index (Phi) is 10.3. The third kappa shape index (κ3) is 7.83. The molecule has 1 atom stereocenters. The Hall–Kier alpha value is -3.34. The van der Waals surface area contributed by atoms with Crippen LogP contribution in [0.4, 0.5) is 10.1 Å². The molecule has 1 heterocycles. The van der Waals surface area contributed by atoms with Crippen LogP contribution in [0.25, 0.3) is 0 Å². The summed E-state index contributed by atoms with van der Waals surface area (Å²) in [6.07, 6.45) is 3.51. The van der Waals surface area contributed by atoms with Gasteiger partial charge in [-0.25, -0.2) is 12.8 Å². The summed E-state index contributed by atoms with van der Waals surface area (Å²) in [6.45, 7) is 4.64. The van der Waals surface area contributed by atoms with E-state index in [2.05, 4.69) is 5.32 Å². The molecule has 208 valence electrons. The number of sulfonamides is 1. The Morgan fingerprint density at radius 2 is 1.76 bits per heavy atom. The van der Waals surface area contributed by atoms with E-state index in [1.807, 2.05) is 13.8 Å². The van der Waals surface area contributed by atoms with Crippen LogP contribution in [0.3, 0.4) is 0 Å². The average Bonchev–Trinajstić information content (AvgIpc) is 3.35. The molecule has 0 spiro atoms. The molecule has 9 nitrogen and oxygen atoms in total. The number of anilines is 1. The van der Waals surface area contributed by atoms with Gasteiger partial charge in [0.15, 0.2) is 11.5 Å². The number of carbonyl (C=O) groups is 2. The molecule has 0 fully saturated rings. The zero-order valence-electron chi connectivity index (χ0n) is 22.1. The molecular formula is C27H36FN3O6S. The summed E-state index contributed by atoms with van der Waals surface area (Å²) in [7, 11) is -3.64. The zero-order valence-corrected chi connectivity index (χ0v) is 22.9. The third-order valence-electron chi connectivity index (χ3n) is 6.28. The van der Waals surface area contributed by atoms with Gasteiger partial charge in [0.05, 0.1) is 11.9 Å². The number of fused-ring (bicyclic) bond motifs is 1. The molecule has 2 amide bonds. The van der Waals surface area contributed by atoms with Crippen molar-refractivity contribution < 1.29 is 31.9 Å². The van der Waals surface area contributed by atoms with Gasteiger partial charge in [-0.05, 0) is 49.1 Å². The summed E-state index contributed by atoms with van der Waals surface area (Å²) < 4.78 is 50.5. The molecule has 0 saturated carbocycles. The van der Waals surface area contributed by atoms with Crippen LogP contribution in [0, 0.1) is 5.82 Å². The average molecular weight is 550 g/mol. The number of hydrogen-bond acceptors (Lipinski definition) is 6. The van der Waals surface area contributed by atoms with E-state index >= 15 is 0 Å². The zero-order chi connectivity index (χ0) is 27.7. The van der Waals surface area contributed by atoms with Crippen molar-refractivity contribution in [3.63, 3.8) is 0 Å². The van der Waals surface area contributed by atoms with Gasteiger partial charge in [0.1, 0.15) is 11.9 Å². The number of hydrogen-bond donors (Lipinski definition) is 1. The lowest BCUT2D eigenvalue weighted by Gasteiger charge is -2.31. The summed E-state index contributed by atoms with van der Waals surface area (Å²) in [5, 5.41) is 2.90. The van der Waals surface area contributed by atoms with Crippen LogP contribution in [-0.4, -0.2) is 57.3 Å². The second kappa shape index (κ2) is 13.5. The number of nitrogens with one attached hydrogen (secondary N) is 1. The highest BCUT2D eigenvalue weighted by Crippen LogP contribution is 2.36. The van der Waals surface area contributed by atoms with Crippen LogP contribution in [0.15, 0.2) is 42.5 Å². The standard InChI is InChI=1S/C27H36FN3O6S/c1-4-6-15-29-27(33)23(5-2)30(18-20-9-11-21(28)12-10-20)26(32)8-7-16-31(38(3,34)35)22-13-14-24-25(17-22)37-19-36-24/h9-14,17,23H,4-8,15-16,18-19H2,1-3H3,(H,29,33)/t23-/m0/s1. The van der Waals surface area contributed by atoms with Gasteiger partial charge >= 0.3 is 0 Å². The normalized spacial score (nSPS) is 13.2. The highest BCUT2D eigenvalue weighted by Gasteiger charge is 2.29. The van der Waals surface area contributed by atoms with Crippen molar-refractivity contribution >= 4 is 27.5 Å². The Balaban J connectivity index is 1.74. The van der Waals surface area contributed by atoms with Gasteiger partial charge in [-0.15, -0.1) is 0 Å². The molecule has 2 aromatic carbocycles. The molecule has 11 heteroatoms. The van der Waals surface area contributed by atoms with E-state index in [0.717, 1.165) is 19.1 Å². The van der Waals surface area contributed by atoms with Gasteiger partial charge in [0.25, 0.3) is 0 Å². The van der Waals surface area contributed by atoms with Crippen molar-refractivity contribution in [1.29, 1.82) is 0 Å². The lowest BCUT2D eigenvalue weighted by molar-refractivity contribution is -0.141. The van der Waals surface area contributed by atoms with E-state index in [4.69, 9.17) is 9.47 Å². The monoisotopic (exact) mass is 549 g/mol. The summed E-state index contributed by atoms with van der Waals surface area (Å²) in [4.78, 5) is 27.9. The van der Waals surface area contributed by atoms with Crippen molar-refractivity contribution in [3.8, 4) is 11.5 Å². The molecule has 3 rings (SSSR count). The molecule has 38 heavy (non-hydrogen) atoms. The second-order valence-electron chi connectivity index (χ2n) is 9.19. The lowest BCUT2D eigenvalue weighted by atomic mass is 10.1. The topological polar surface area (TPSA) is 105 Å². The number of unbranched alkanes of at least 4 members (excludes halogenated alkanes) is 1. The van der Waals surface area contributed by atoms with Gasteiger partial charge in [0.2, 0.25) is 28.6 Å². The molecular weight excluding hydrogens is 513 g/mol. The van der Waals surface area contributed by atoms with E-state index in [1.165, 1.54) is 21.3 Å². The van der Waals surface area contributed by atoms with Crippen LogP contribution in [-0.2, 0) is 26.2 Å². The van der Waals surface area contributed by atoms with Crippen molar-refractivity contribution in [2.45, 2.75) is 58.5 Å². The molecule has 0 bridgehead atoms. The Bertz CT molecular complexity index is 1210. The molecule has 1 aliphatic heterocycles. The quantitative estimate of drug-likeness (QED) is 0.359. The third-order valence-corrected chi connectivity index (χ3v) is 7.47. The number of benzene rings is 2. The second-order valence-corrected chi connectivity index (χ2v) is 11.1. The first-order chi connectivity index (χ1) is 18.1. The molecule has 0 aliphatic carbocycles. The van der Waals surface area contributed by atoms with Crippen molar-refractivity contribution in [3.05, 3.63) is 53.8 Å².